The minimum Gasteiger partial charge on any atom is -0.322 e. The smallest absolute Gasteiger partial charge is 0.255 e. The topological polar surface area (TPSA) is 66.5 Å². The fourth-order valence-corrected chi connectivity index (χ4v) is 5.96. The first kappa shape index (κ1) is 22.1. The first-order valence-corrected chi connectivity index (χ1v) is 11.9. The first-order chi connectivity index (χ1) is 13.8. The summed E-state index contributed by atoms with van der Waals surface area (Å²) in [6.45, 7) is 2.30. The second-order valence-corrected chi connectivity index (χ2v) is 9.90. The van der Waals surface area contributed by atoms with Gasteiger partial charge in [0, 0.05) is 33.9 Å². The fourth-order valence-electron chi connectivity index (χ4n) is 3.74. The molecule has 1 amide bonds. The van der Waals surface area contributed by atoms with Crippen LogP contribution in [0.4, 0.5) is 5.69 Å². The number of rotatable bonds is 6. The molecule has 3 rings (SSSR count). The van der Waals surface area contributed by atoms with Gasteiger partial charge in [0.15, 0.2) is 0 Å². The summed E-state index contributed by atoms with van der Waals surface area (Å²) in [5.41, 5.74) is 0.819. The van der Waals surface area contributed by atoms with Crippen LogP contribution in [0.2, 0.25) is 10.0 Å². The SMILES string of the molecule is CCN(C1CCCCC1)S(=O)(=O)c1ccc(C(=O)Nc2cc(Cl)cc(Cl)c2)cc1. The summed E-state index contributed by atoms with van der Waals surface area (Å²) in [6, 6.07) is 10.8. The van der Waals surface area contributed by atoms with Gasteiger partial charge in [-0.3, -0.25) is 4.79 Å². The maximum Gasteiger partial charge on any atom is 0.255 e. The summed E-state index contributed by atoms with van der Waals surface area (Å²) in [5, 5.41) is 3.54. The van der Waals surface area contributed by atoms with Crippen LogP contribution < -0.4 is 5.32 Å². The van der Waals surface area contributed by atoms with Crippen molar-refractivity contribution >= 4 is 44.8 Å². The molecule has 1 aliphatic rings. The van der Waals surface area contributed by atoms with Crippen molar-refractivity contribution in [2.45, 2.75) is 50.0 Å². The predicted molar refractivity (Wildman–Crippen MR) is 117 cm³/mol. The van der Waals surface area contributed by atoms with Gasteiger partial charge in [-0.05, 0) is 55.3 Å². The van der Waals surface area contributed by atoms with Crippen LogP contribution in [0.3, 0.4) is 0 Å². The van der Waals surface area contributed by atoms with Crippen molar-refractivity contribution in [3.8, 4) is 0 Å². The Morgan fingerprint density at radius 2 is 1.62 bits per heavy atom. The van der Waals surface area contributed by atoms with E-state index in [0.717, 1.165) is 32.1 Å². The summed E-state index contributed by atoms with van der Waals surface area (Å²) in [5.74, 6) is -0.369. The number of hydrogen-bond acceptors (Lipinski definition) is 3. The Labute approximate surface area is 182 Å². The van der Waals surface area contributed by atoms with Crippen LogP contribution in [0.5, 0.6) is 0 Å². The lowest BCUT2D eigenvalue weighted by atomic mass is 9.95. The monoisotopic (exact) mass is 454 g/mol. The molecule has 5 nitrogen and oxygen atoms in total. The third-order valence-corrected chi connectivity index (χ3v) is 7.62. The second kappa shape index (κ2) is 9.47. The molecule has 0 heterocycles. The molecule has 2 aromatic rings. The van der Waals surface area contributed by atoms with Gasteiger partial charge in [0.25, 0.3) is 5.91 Å². The van der Waals surface area contributed by atoms with Gasteiger partial charge in [0.2, 0.25) is 10.0 Å². The number of anilines is 1. The summed E-state index contributed by atoms with van der Waals surface area (Å²) in [4.78, 5) is 12.7. The van der Waals surface area contributed by atoms with Gasteiger partial charge in [-0.1, -0.05) is 49.4 Å². The molecule has 2 aromatic carbocycles. The first-order valence-electron chi connectivity index (χ1n) is 9.70. The summed E-state index contributed by atoms with van der Waals surface area (Å²) in [6.07, 6.45) is 5.08. The van der Waals surface area contributed by atoms with Crippen molar-refractivity contribution in [1.82, 2.24) is 4.31 Å². The van der Waals surface area contributed by atoms with Crippen molar-refractivity contribution in [2.24, 2.45) is 0 Å². The lowest BCUT2D eigenvalue weighted by Gasteiger charge is -2.32. The van der Waals surface area contributed by atoms with Crippen molar-refractivity contribution in [3.05, 3.63) is 58.1 Å². The van der Waals surface area contributed by atoms with Gasteiger partial charge in [0.1, 0.15) is 0 Å². The van der Waals surface area contributed by atoms with Crippen molar-refractivity contribution in [3.63, 3.8) is 0 Å². The van der Waals surface area contributed by atoms with Crippen LogP contribution in [0.25, 0.3) is 0 Å². The Hall–Kier alpha value is -1.60. The van der Waals surface area contributed by atoms with Crippen LogP contribution in [0, 0.1) is 0 Å². The largest absolute Gasteiger partial charge is 0.322 e. The molecular formula is C21H24Cl2N2O3S. The number of nitrogens with zero attached hydrogens (tertiary/aromatic N) is 1. The van der Waals surface area contributed by atoms with Crippen LogP contribution in [0.15, 0.2) is 47.4 Å². The summed E-state index contributed by atoms with van der Waals surface area (Å²) in [7, 11) is -3.60. The molecule has 8 heteroatoms. The molecule has 1 N–H and O–H groups in total. The zero-order valence-corrected chi connectivity index (χ0v) is 18.5. The Balaban J connectivity index is 1.76. The molecule has 1 fully saturated rings. The van der Waals surface area contributed by atoms with Gasteiger partial charge in [-0.25, -0.2) is 8.42 Å². The molecule has 0 unspecified atom stereocenters. The predicted octanol–water partition coefficient (Wildman–Crippen LogP) is 5.59. The lowest BCUT2D eigenvalue weighted by Crippen LogP contribution is -2.41. The molecule has 0 aliphatic heterocycles. The van der Waals surface area contributed by atoms with E-state index in [4.69, 9.17) is 23.2 Å². The Bertz CT molecular complexity index is 952. The van der Waals surface area contributed by atoms with Crippen molar-refractivity contribution in [2.75, 3.05) is 11.9 Å². The number of amides is 1. The highest BCUT2D eigenvalue weighted by Gasteiger charge is 2.31. The minimum absolute atomic E-state index is 0.0503. The van der Waals surface area contributed by atoms with Gasteiger partial charge in [0.05, 0.1) is 4.90 Å². The number of carbonyl (C=O) groups is 1. The van der Waals surface area contributed by atoms with E-state index >= 15 is 0 Å². The maximum absolute atomic E-state index is 13.1. The standard InChI is InChI=1S/C21H24Cl2N2O3S/c1-2-25(19-6-4-3-5-7-19)29(27,28)20-10-8-15(9-11-20)21(26)24-18-13-16(22)12-17(23)14-18/h8-14,19H,2-7H2,1H3,(H,24,26). The van der Waals surface area contributed by atoms with Crippen LogP contribution in [-0.4, -0.2) is 31.2 Å². The molecular weight excluding hydrogens is 431 g/mol. The highest BCUT2D eigenvalue weighted by atomic mass is 35.5. The number of carbonyl (C=O) groups excluding carboxylic acids is 1. The van der Waals surface area contributed by atoms with E-state index in [1.54, 1.807) is 22.5 Å². The molecule has 1 saturated carbocycles. The molecule has 0 saturated heterocycles. The van der Waals surface area contributed by atoms with E-state index in [1.165, 1.54) is 24.3 Å². The highest BCUT2D eigenvalue weighted by Crippen LogP contribution is 2.28. The van der Waals surface area contributed by atoms with E-state index in [9.17, 15) is 13.2 Å². The average Bonchev–Trinajstić information content (AvgIpc) is 2.68. The Morgan fingerprint density at radius 1 is 1.03 bits per heavy atom. The van der Waals surface area contributed by atoms with E-state index in [1.807, 2.05) is 6.92 Å². The zero-order chi connectivity index (χ0) is 21.0. The summed E-state index contributed by atoms with van der Waals surface area (Å²) >= 11 is 11.9. The van der Waals surface area contributed by atoms with E-state index < -0.39 is 10.0 Å². The third-order valence-electron chi connectivity index (χ3n) is 5.14. The Kier molecular flexibility index (Phi) is 7.22. The number of benzene rings is 2. The van der Waals surface area contributed by atoms with Gasteiger partial charge >= 0.3 is 0 Å². The molecule has 0 aromatic heterocycles. The minimum atomic E-state index is -3.60. The number of sulfonamides is 1. The lowest BCUT2D eigenvalue weighted by molar-refractivity contribution is 0.102. The molecule has 0 atom stereocenters. The third kappa shape index (κ3) is 5.31. The maximum atomic E-state index is 13.1. The fraction of sp³-hybridized carbons (Fsp3) is 0.381. The van der Waals surface area contributed by atoms with Gasteiger partial charge in [-0.2, -0.15) is 4.31 Å². The van der Waals surface area contributed by atoms with Crippen molar-refractivity contribution in [1.29, 1.82) is 0 Å². The Morgan fingerprint density at radius 3 is 2.17 bits per heavy atom. The quantitative estimate of drug-likeness (QED) is 0.618. The average molecular weight is 455 g/mol. The molecule has 0 bridgehead atoms. The van der Waals surface area contributed by atoms with Crippen LogP contribution in [0.1, 0.15) is 49.4 Å². The molecule has 1 aliphatic carbocycles. The zero-order valence-electron chi connectivity index (χ0n) is 16.2. The molecule has 0 radical (unpaired) electrons. The van der Waals surface area contributed by atoms with Crippen LogP contribution in [-0.2, 0) is 10.0 Å². The molecule has 0 spiro atoms. The van der Waals surface area contributed by atoms with E-state index in [2.05, 4.69) is 5.32 Å². The van der Waals surface area contributed by atoms with E-state index in [0.29, 0.717) is 27.8 Å². The van der Waals surface area contributed by atoms with Gasteiger partial charge < -0.3 is 5.32 Å². The number of halogens is 2. The molecule has 29 heavy (non-hydrogen) atoms. The second-order valence-electron chi connectivity index (χ2n) is 7.14. The van der Waals surface area contributed by atoms with Crippen LogP contribution >= 0.6 is 23.2 Å². The summed E-state index contributed by atoms with van der Waals surface area (Å²) < 4.78 is 27.8. The highest BCUT2D eigenvalue weighted by molar-refractivity contribution is 7.89. The molecule has 156 valence electrons. The number of nitrogens with one attached hydrogen (secondary N) is 1. The normalized spacial score (nSPS) is 15.4. The van der Waals surface area contributed by atoms with E-state index in [-0.39, 0.29) is 16.8 Å². The number of hydrogen-bond donors (Lipinski definition) is 1. The van der Waals surface area contributed by atoms with Gasteiger partial charge in [-0.15, -0.1) is 0 Å². The van der Waals surface area contributed by atoms with Crippen molar-refractivity contribution < 1.29 is 13.2 Å².